The summed E-state index contributed by atoms with van der Waals surface area (Å²) in [5.74, 6) is 0. The lowest BCUT2D eigenvalue weighted by Crippen LogP contribution is -2.08. The van der Waals surface area contributed by atoms with Crippen molar-refractivity contribution in [2.75, 3.05) is 5.32 Å². The van der Waals surface area contributed by atoms with Gasteiger partial charge in [-0.2, -0.15) is 13.2 Å². The summed E-state index contributed by atoms with van der Waals surface area (Å²) in [6.45, 7) is 2.04. The summed E-state index contributed by atoms with van der Waals surface area (Å²) in [7, 11) is 0. The number of halogens is 4. The number of anilines is 2. The summed E-state index contributed by atoms with van der Waals surface area (Å²) in [5.41, 5.74) is 1.85. The minimum Gasteiger partial charge on any atom is -0.354 e. The summed E-state index contributed by atoms with van der Waals surface area (Å²) in [5, 5.41) is 2.85. The van der Waals surface area contributed by atoms with Gasteiger partial charge >= 0.3 is 6.18 Å². The maximum absolute atomic E-state index is 12.9. The fourth-order valence-electron chi connectivity index (χ4n) is 2.19. The van der Waals surface area contributed by atoms with E-state index in [1.165, 1.54) is 17.8 Å². The number of fused-ring (bicyclic) bond motifs is 2. The van der Waals surface area contributed by atoms with Gasteiger partial charge in [0.1, 0.15) is 0 Å². The Morgan fingerprint density at radius 2 is 1.81 bits per heavy atom. The van der Waals surface area contributed by atoms with Crippen LogP contribution in [0.5, 0.6) is 0 Å². The smallest absolute Gasteiger partial charge is 0.354 e. The molecule has 2 aromatic carbocycles. The van der Waals surface area contributed by atoms with Crippen LogP contribution in [0.15, 0.2) is 40.1 Å². The number of nitrogens with one attached hydrogen (secondary N) is 1. The van der Waals surface area contributed by atoms with E-state index >= 15 is 0 Å². The van der Waals surface area contributed by atoms with E-state index in [1.54, 1.807) is 0 Å². The largest absolute Gasteiger partial charge is 0.417 e. The second-order valence-electron chi connectivity index (χ2n) is 4.74. The van der Waals surface area contributed by atoms with E-state index in [0.29, 0.717) is 10.6 Å². The van der Waals surface area contributed by atoms with Crippen LogP contribution in [-0.2, 0) is 12.6 Å². The zero-order valence-corrected chi connectivity index (χ0v) is 12.6. The van der Waals surface area contributed by atoms with E-state index in [2.05, 4.69) is 5.32 Å². The lowest BCUT2D eigenvalue weighted by Gasteiger charge is -2.23. The molecule has 110 valence electrons. The molecule has 0 unspecified atom stereocenters. The molecule has 0 amide bonds. The Hall–Kier alpha value is -1.33. The lowest BCUT2D eigenvalue weighted by molar-refractivity contribution is -0.137. The molecular weight excluding hydrogens is 319 g/mol. The topological polar surface area (TPSA) is 12.0 Å². The minimum atomic E-state index is -4.45. The van der Waals surface area contributed by atoms with Crippen LogP contribution in [0.1, 0.15) is 18.1 Å². The zero-order valence-electron chi connectivity index (χ0n) is 11.0. The van der Waals surface area contributed by atoms with E-state index < -0.39 is 11.7 Å². The van der Waals surface area contributed by atoms with E-state index in [1.807, 2.05) is 25.1 Å². The Kier molecular flexibility index (Phi) is 3.58. The first kappa shape index (κ1) is 14.6. The fourth-order valence-corrected chi connectivity index (χ4v) is 3.53. The van der Waals surface area contributed by atoms with Gasteiger partial charge in [0.15, 0.2) is 0 Å². The van der Waals surface area contributed by atoms with Crippen LogP contribution in [0.25, 0.3) is 0 Å². The van der Waals surface area contributed by atoms with Crippen LogP contribution in [0.3, 0.4) is 0 Å². The zero-order chi connectivity index (χ0) is 15.2. The van der Waals surface area contributed by atoms with Gasteiger partial charge in [-0.15, -0.1) is 0 Å². The van der Waals surface area contributed by atoms with Crippen LogP contribution in [0.2, 0.25) is 5.02 Å². The molecular formula is C15H11ClF3NS. The maximum atomic E-state index is 12.9. The first-order valence-electron chi connectivity index (χ1n) is 6.37. The highest BCUT2D eigenvalue weighted by Gasteiger charge is 2.34. The second kappa shape index (κ2) is 5.14. The third-order valence-electron chi connectivity index (χ3n) is 3.32. The molecule has 0 spiro atoms. The molecule has 0 bridgehead atoms. The van der Waals surface area contributed by atoms with Gasteiger partial charge in [0, 0.05) is 9.79 Å². The lowest BCUT2D eigenvalue weighted by atomic mass is 10.1. The van der Waals surface area contributed by atoms with Gasteiger partial charge in [-0.3, -0.25) is 0 Å². The number of benzene rings is 2. The van der Waals surface area contributed by atoms with Crippen molar-refractivity contribution in [3.8, 4) is 0 Å². The van der Waals surface area contributed by atoms with Gasteiger partial charge in [0.25, 0.3) is 0 Å². The van der Waals surface area contributed by atoms with E-state index in [9.17, 15) is 13.2 Å². The standard InChI is InChI=1S/C15H11ClF3NS/c1-2-8-3-4-11-13(5-8)21-14-6-9(15(17,18)19)10(16)7-12(14)20-11/h3-7,20H,2H2,1H3. The first-order chi connectivity index (χ1) is 9.88. The number of hydrogen-bond donors (Lipinski definition) is 1. The van der Waals surface area contributed by atoms with Crippen molar-refractivity contribution in [2.45, 2.75) is 29.3 Å². The van der Waals surface area contributed by atoms with Gasteiger partial charge in [-0.1, -0.05) is 36.4 Å². The highest BCUT2D eigenvalue weighted by molar-refractivity contribution is 7.99. The summed E-state index contributed by atoms with van der Waals surface area (Å²) < 4.78 is 38.8. The monoisotopic (exact) mass is 329 g/mol. The Balaban J connectivity index is 2.06. The molecule has 1 nitrogen and oxygen atoms in total. The normalized spacial score (nSPS) is 13.4. The molecule has 21 heavy (non-hydrogen) atoms. The van der Waals surface area contributed by atoms with Crippen molar-refractivity contribution in [1.82, 2.24) is 0 Å². The number of hydrogen-bond acceptors (Lipinski definition) is 2. The number of aryl methyl sites for hydroxylation is 1. The Bertz CT molecular complexity index is 713. The van der Waals surface area contributed by atoms with Crippen LogP contribution >= 0.6 is 23.4 Å². The SMILES string of the molecule is CCc1ccc2c(c1)Sc1cc(C(F)(F)F)c(Cl)cc1N2. The van der Waals surface area contributed by atoms with Gasteiger partial charge < -0.3 is 5.32 Å². The molecule has 1 aliphatic heterocycles. The predicted molar refractivity (Wildman–Crippen MR) is 79.7 cm³/mol. The van der Waals surface area contributed by atoms with Crippen molar-refractivity contribution in [3.63, 3.8) is 0 Å². The molecule has 6 heteroatoms. The van der Waals surface area contributed by atoms with Crippen LogP contribution in [0.4, 0.5) is 24.5 Å². The molecule has 0 aliphatic carbocycles. The van der Waals surface area contributed by atoms with Gasteiger partial charge in [0.2, 0.25) is 0 Å². The quantitative estimate of drug-likeness (QED) is 0.576. The number of alkyl halides is 3. The van der Waals surface area contributed by atoms with E-state index in [0.717, 1.165) is 28.6 Å². The van der Waals surface area contributed by atoms with Crippen molar-refractivity contribution in [2.24, 2.45) is 0 Å². The van der Waals surface area contributed by atoms with E-state index in [4.69, 9.17) is 11.6 Å². The highest BCUT2D eigenvalue weighted by atomic mass is 35.5. The molecule has 3 rings (SSSR count). The van der Waals surface area contributed by atoms with Gasteiger partial charge in [-0.05, 0) is 36.2 Å². The summed E-state index contributed by atoms with van der Waals surface area (Å²) in [6, 6.07) is 8.39. The Morgan fingerprint density at radius 1 is 1.10 bits per heavy atom. The van der Waals surface area contributed by atoms with Crippen LogP contribution < -0.4 is 5.32 Å². The highest BCUT2D eigenvalue weighted by Crippen LogP contribution is 2.48. The third-order valence-corrected chi connectivity index (χ3v) is 4.75. The summed E-state index contributed by atoms with van der Waals surface area (Å²) in [6.07, 6.45) is -3.56. The van der Waals surface area contributed by atoms with Crippen molar-refractivity contribution < 1.29 is 13.2 Å². The molecule has 0 aromatic heterocycles. The molecule has 1 N–H and O–H groups in total. The number of rotatable bonds is 1. The maximum Gasteiger partial charge on any atom is 0.417 e. The summed E-state index contributed by atoms with van der Waals surface area (Å²) >= 11 is 7.08. The van der Waals surface area contributed by atoms with Crippen molar-refractivity contribution >= 4 is 34.7 Å². The van der Waals surface area contributed by atoms with Crippen molar-refractivity contribution in [1.29, 1.82) is 0 Å². The van der Waals surface area contributed by atoms with Crippen molar-refractivity contribution in [3.05, 3.63) is 46.5 Å². The average Bonchev–Trinajstić information content (AvgIpc) is 2.42. The predicted octanol–water partition coefficient (Wildman–Crippen LogP) is 6.13. The summed E-state index contributed by atoms with van der Waals surface area (Å²) in [4.78, 5) is 1.46. The molecule has 1 heterocycles. The second-order valence-corrected chi connectivity index (χ2v) is 6.23. The molecule has 1 aliphatic rings. The third kappa shape index (κ3) is 2.72. The molecule has 0 atom stereocenters. The molecule has 2 aromatic rings. The Labute approximate surface area is 129 Å². The van der Waals surface area contributed by atoms with Gasteiger partial charge in [-0.25, -0.2) is 0 Å². The van der Waals surface area contributed by atoms with E-state index in [-0.39, 0.29) is 5.02 Å². The first-order valence-corrected chi connectivity index (χ1v) is 7.56. The molecule has 0 saturated carbocycles. The fraction of sp³-hybridized carbons (Fsp3) is 0.200. The van der Waals surface area contributed by atoms with Crippen LogP contribution in [0, 0.1) is 0 Å². The molecule has 0 fully saturated rings. The van der Waals surface area contributed by atoms with Gasteiger partial charge in [0.05, 0.1) is 22.0 Å². The Morgan fingerprint density at radius 3 is 2.48 bits per heavy atom. The molecule has 0 radical (unpaired) electrons. The van der Waals surface area contributed by atoms with Crippen LogP contribution in [-0.4, -0.2) is 0 Å². The minimum absolute atomic E-state index is 0.289. The average molecular weight is 330 g/mol. The molecule has 0 saturated heterocycles.